The third kappa shape index (κ3) is 2.52. The van der Waals surface area contributed by atoms with Gasteiger partial charge in [0.15, 0.2) is 0 Å². The topological polar surface area (TPSA) is 61.4 Å². The monoisotopic (exact) mass is 220 g/mol. The lowest BCUT2D eigenvalue weighted by Gasteiger charge is -2.23. The molecule has 0 aliphatic carbocycles. The van der Waals surface area contributed by atoms with Crippen LogP contribution in [0, 0.1) is 0 Å². The number of phenols is 1. The molecule has 1 atom stereocenters. The average molecular weight is 220 g/mol. The fourth-order valence-corrected chi connectivity index (χ4v) is 1.86. The number of piperidine rings is 1. The second-order valence-corrected chi connectivity index (χ2v) is 4.00. The van der Waals surface area contributed by atoms with Crippen molar-refractivity contribution in [2.24, 2.45) is 0 Å². The Labute approximate surface area is 94.7 Å². The summed E-state index contributed by atoms with van der Waals surface area (Å²) in [5.41, 5.74) is 0.820. The Morgan fingerprint density at radius 1 is 1.44 bits per heavy atom. The predicted octanol–water partition coefficient (Wildman–Crippen LogP) is 0.760. The molecule has 4 nitrogen and oxygen atoms in total. The van der Waals surface area contributed by atoms with Crippen LogP contribution in [0.3, 0.4) is 0 Å². The first kappa shape index (κ1) is 11.0. The van der Waals surface area contributed by atoms with E-state index in [0.29, 0.717) is 6.54 Å². The fraction of sp³-hybridized carbons (Fsp3) is 0.417. The number of phenolic OH excluding ortho intramolecular Hbond substituents is 1. The molecule has 1 saturated heterocycles. The molecule has 1 unspecified atom stereocenters. The lowest BCUT2D eigenvalue weighted by Crippen LogP contribution is -2.47. The van der Waals surface area contributed by atoms with E-state index in [1.807, 2.05) is 12.1 Å². The van der Waals surface area contributed by atoms with Crippen LogP contribution >= 0.6 is 0 Å². The van der Waals surface area contributed by atoms with Gasteiger partial charge in [-0.3, -0.25) is 4.79 Å². The normalized spacial score (nSPS) is 20.5. The molecule has 0 radical (unpaired) electrons. The van der Waals surface area contributed by atoms with Gasteiger partial charge in [0.05, 0.1) is 6.04 Å². The van der Waals surface area contributed by atoms with E-state index in [9.17, 15) is 9.90 Å². The summed E-state index contributed by atoms with van der Waals surface area (Å²) in [7, 11) is 0. The molecule has 4 heteroatoms. The number of benzene rings is 1. The van der Waals surface area contributed by atoms with E-state index in [0.717, 1.165) is 24.9 Å². The van der Waals surface area contributed by atoms with Crippen molar-refractivity contribution in [2.75, 3.05) is 6.54 Å². The van der Waals surface area contributed by atoms with Crippen LogP contribution in [0.25, 0.3) is 0 Å². The number of aromatic hydroxyl groups is 1. The van der Waals surface area contributed by atoms with Crippen LogP contribution in [-0.4, -0.2) is 23.6 Å². The zero-order chi connectivity index (χ0) is 11.4. The summed E-state index contributed by atoms with van der Waals surface area (Å²) in [5, 5.41) is 15.5. The van der Waals surface area contributed by atoms with Gasteiger partial charge >= 0.3 is 0 Å². The summed E-state index contributed by atoms with van der Waals surface area (Å²) in [4.78, 5) is 11.5. The first-order valence-electron chi connectivity index (χ1n) is 5.55. The Balaban J connectivity index is 1.92. The van der Waals surface area contributed by atoms with Crippen molar-refractivity contribution >= 4 is 5.91 Å². The molecule has 0 bridgehead atoms. The standard InChI is InChI=1S/C12H16N2O2/c15-11-6-2-1-4-9(11)8-14-10-5-3-7-13-12(10)16/h1-2,4,6,10,14-15H,3,5,7-8H2,(H,13,16). The van der Waals surface area contributed by atoms with Crippen molar-refractivity contribution in [1.82, 2.24) is 10.6 Å². The predicted molar refractivity (Wildman–Crippen MR) is 61.0 cm³/mol. The van der Waals surface area contributed by atoms with E-state index < -0.39 is 0 Å². The van der Waals surface area contributed by atoms with Gasteiger partial charge in [-0.05, 0) is 18.9 Å². The van der Waals surface area contributed by atoms with Crippen LogP contribution in [-0.2, 0) is 11.3 Å². The van der Waals surface area contributed by atoms with Crippen molar-refractivity contribution in [3.8, 4) is 5.75 Å². The number of hydrogen-bond donors (Lipinski definition) is 3. The van der Waals surface area contributed by atoms with Crippen molar-refractivity contribution in [2.45, 2.75) is 25.4 Å². The minimum atomic E-state index is -0.131. The van der Waals surface area contributed by atoms with Gasteiger partial charge < -0.3 is 15.7 Å². The molecule has 0 spiro atoms. The molecule has 1 amide bonds. The van der Waals surface area contributed by atoms with Crippen LogP contribution in [0.15, 0.2) is 24.3 Å². The average Bonchev–Trinajstić information content (AvgIpc) is 2.30. The zero-order valence-electron chi connectivity index (χ0n) is 9.07. The Hall–Kier alpha value is -1.55. The number of carbonyl (C=O) groups is 1. The Morgan fingerprint density at radius 3 is 3.00 bits per heavy atom. The fourth-order valence-electron chi connectivity index (χ4n) is 1.86. The lowest BCUT2D eigenvalue weighted by atomic mass is 10.1. The number of para-hydroxylation sites is 1. The SMILES string of the molecule is O=C1NCCCC1NCc1ccccc1O. The van der Waals surface area contributed by atoms with Gasteiger partial charge in [0, 0.05) is 18.7 Å². The summed E-state index contributed by atoms with van der Waals surface area (Å²) >= 11 is 0. The van der Waals surface area contributed by atoms with Gasteiger partial charge in [-0.1, -0.05) is 18.2 Å². The van der Waals surface area contributed by atoms with Gasteiger partial charge in [0.2, 0.25) is 5.91 Å². The molecule has 1 fully saturated rings. The summed E-state index contributed by atoms with van der Waals surface area (Å²) in [6.45, 7) is 1.29. The van der Waals surface area contributed by atoms with Gasteiger partial charge in [-0.2, -0.15) is 0 Å². The molecular formula is C12H16N2O2. The van der Waals surface area contributed by atoms with Crippen LogP contribution in [0.1, 0.15) is 18.4 Å². The number of hydrogen-bond acceptors (Lipinski definition) is 3. The van der Waals surface area contributed by atoms with E-state index >= 15 is 0 Å². The van der Waals surface area contributed by atoms with Crippen LogP contribution < -0.4 is 10.6 Å². The molecule has 1 aromatic rings. The van der Waals surface area contributed by atoms with Crippen LogP contribution in [0.2, 0.25) is 0 Å². The van der Waals surface area contributed by atoms with Crippen molar-refractivity contribution in [3.63, 3.8) is 0 Å². The van der Waals surface area contributed by atoms with Crippen molar-refractivity contribution in [1.29, 1.82) is 0 Å². The lowest BCUT2D eigenvalue weighted by molar-refractivity contribution is -0.124. The van der Waals surface area contributed by atoms with E-state index in [2.05, 4.69) is 10.6 Å². The van der Waals surface area contributed by atoms with Crippen LogP contribution in [0.5, 0.6) is 5.75 Å². The number of rotatable bonds is 3. The third-order valence-electron chi connectivity index (χ3n) is 2.82. The second kappa shape index (κ2) is 4.99. The molecule has 1 heterocycles. The summed E-state index contributed by atoms with van der Waals surface area (Å²) in [6.07, 6.45) is 1.86. The Morgan fingerprint density at radius 2 is 2.25 bits per heavy atom. The molecule has 0 saturated carbocycles. The number of amides is 1. The number of carbonyl (C=O) groups excluding carboxylic acids is 1. The molecule has 16 heavy (non-hydrogen) atoms. The van der Waals surface area contributed by atoms with Gasteiger partial charge in [-0.15, -0.1) is 0 Å². The molecule has 1 aliphatic heterocycles. The molecule has 3 N–H and O–H groups in total. The van der Waals surface area contributed by atoms with Gasteiger partial charge in [-0.25, -0.2) is 0 Å². The Bertz CT molecular complexity index is 379. The smallest absolute Gasteiger partial charge is 0.237 e. The highest BCUT2D eigenvalue weighted by Crippen LogP contribution is 2.15. The maximum absolute atomic E-state index is 11.5. The van der Waals surface area contributed by atoms with Crippen LogP contribution in [0.4, 0.5) is 0 Å². The maximum Gasteiger partial charge on any atom is 0.237 e. The van der Waals surface area contributed by atoms with E-state index in [1.54, 1.807) is 12.1 Å². The molecule has 0 aromatic heterocycles. The first-order chi connectivity index (χ1) is 7.77. The summed E-state index contributed by atoms with van der Waals surface area (Å²) in [5.74, 6) is 0.327. The van der Waals surface area contributed by atoms with E-state index in [1.165, 1.54) is 0 Å². The minimum Gasteiger partial charge on any atom is -0.508 e. The molecule has 2 rings (SSSR count). The van der Waals surface area contributed by atoms with Crippen molar-refractivity contribution in [3.05, 3.63) is 29.8 Å². The molecular weight excluding hydrogens is 204 g/mol. The molecule has 86 valence electrons. The quantitative estimate of drug-likeness (QED) is 0.704. The summed E-state index contributed by atoms with van der Waals surface area (Å²) < 4.78 is 0. The highest BCUT2D eigenvalue weighted by molar-refractivity contribution is 5.82. The first-order valence-corrected chi connectivity index (χ1v) is 5.55. The van der Waals surface area contributed by atoms with Gasteiger partial charge in [0.25, 0.3) is 0 Å². The van der Waals surface area contributed by atoms with Gasteiger partial charge in [0.1, 0.15) is 5.75 Å². The largest absolute Gasteiger partial charge is 0.508 e. The second-order valence-electron chi connectivity index (χ2n) is 4.00. The van der Waals surface area contributed by atoms with E-state index in [4.69, 9.17) is 0 Å². The van der Waals surface area contributed by atoms with Crippen molar-refractivity contribution < 1.29 is 9.90 Å². The number of nitrogens with one attached hydrogen (secondary N) is 2. The van der Waals surface area contributed by atoms with E-state index in [-0.39, 0.29) is 17.7 Å². The molecule has 1 aliphatic rings. The highest BCUT2D eigenvalue weighted by Gasteiger charge is 2.21. The Kier molecular flexibility index (Phi) is 3.41. The minimum absolute atomic E-state index is 0.0571. The third-order valence-corrected chi connectivity index (χ3v) is 2.82. The zero-order valence-corrected chi connectivity index (χ0v) is 9.07. The summed E-state index contributed by atoms with van der Waals surface area (Å²) in [6, 6.07) is 7.03. The highest BCUT2D eigenvalue weighted by atomic mass is 16.3. The molecule has 1 aromatic carbocycles. The maximum atomic E-state index is 11.5.